The zero-order chi connectivity index (χ0) is 11.5. The van der Waals surface area contributed by atoms with E-state index in [0.29, 0.717) is 5.56 Å². The van der Waals surface area contributed by atoms with Gasteiger partial charge in [-0.15, -0.1) is 0 Å². The van der Waals surface area contributed by atoms with Gasteiger partial charge >= 0.3 is 29.6 Å². The van der Waals surface area contributed by atoms with Gasteiger partial charge in [-0.25, -0.2) is 8.42 Å². The van der Waals surface area contributed by atoms with E-state index in [2.05, 4.69) is 0 Å². The van der Waals surface area contributed by atoms with E-state index in [1.165, 1.54) is 12.1 Å². The number of hydrogen-bond donors (Lipinski definition) is 1. The molecule has 0 saturated heterocycles. The Morgan fingerprint density at radius 3 is 2.12 bits per heavy atom. The summed E-state index contributed by atoms with van der Waals surface area (Å²) in [6.07, 6.45) is 0.245. The molecular weight excluding hydrogens is 243 g/mol. The van der Waals surface area contributed by atoms with Crippen molar-refractivity contribution in [2.45, 2.75) is 11.4 Å². The quantitative estimate of drug-likeness (QED) is 0.347. The van der Waals surface area contributed by atoms with E-state index in [1.807, 2.05) is 0 Å². The summed E-state index contributed by atoms with van der Waals surface area (Å²) in [5, 5.41) is 9.17. The Morgan fingerprint density at radius 1 is 1.25 bits per heavy atom. The number of aliphatic hydroxyl groups excluding tert-OH is 1. The summed E-state index contributed by atoms with van der Waals surface area (Å²) in [7, 11) is -4.89. The van der Waals surface area contributed by atoms with Crippen LogP contribution in [0.5, 0.6) is 0 Å². The molecule has 2 atom stereocenters. The Bertz CT molecular complexity index is 430. The van der Waals surface area contributed by atoms with Gasteiger partial charge in [0.1, 0.15) is 16.4 Å². The van der Waals surface area contributed by atoms with E-state index in [1.54, 1.807) is 18.2 Å². The Morgan fingerprint density at radius 2 is 1.75 bits per heavy atom. The number of benzene rings is 1. The van der Waals surface area contributed by atoms with Gasteiger partial charge in [-0.05, 0) is 5.56 Å². The molecule has 0 bridgehead atoms. The molecule has 0 aliphatic carbocycles. The van der Waals surface area contributed by atoms with Crippen LogP contribution in [0.4, 0.5) is 0 Å². The van der Waals surface area contributed by atoms with E-state index in [9.17, 15) is 17.8 Å². The summed E-state index contributed by atoms with van der Waals surface area (Å²) < 4.78 is 31.6. The molecule has 16 heavy (non-hydrogen) atoms. The molecule has 2 unspecified atom stereocenters. The van der Waals surface area contributed by atoms with Crippen molar-refractivity contribution >= 4 is 16.4 Å². The zero-order valence-corrected chi connectivity index (χ0v) is 11.4. The summed E-state index contributed by atoms with van der Waals surface area (Å²) in [6, 6.07) is 7.76. The molecule has 0 aliphatic heterocycles. The van der Waals surface area contributed by atoms with Crippen LogP contribution in [-0.4, -0.2) is 29.8 Å². The Hall–Kier alpha value is -0.240. The maximum Gasteiger partial charge on any atom is 1.00 e. The van der Waals surface area contributed by atoms with Gasteiger partial charge in [0, 0.05) is 0 Å². The third-order valence-electron chi connectivity index (χ3n) is 1.93. The Kier molecular flexibility index (Phi) is 6.39. The molecule has 0 spiro atoms. The van der Waals surface area contributed by atoms with Gasteiger partial charge in [0.2, 0.25) is 0 Å². The second kappa shape index (κ2) is 6.48. The number of carbonyl (C=O) groups is 1. The molecule has 1 N–H and O–H groups in total. The van der Waals surface area contributed by atoms with Crippen LogP contribution in [0.2, 0.25) is 0 Å². The van der Waals surface area contributed by atoms with E-state index in [0.717, 1.165) is 0 Å². The Labute approximate surface area is 116 Å². The van der Waals surface area contributed by atoms with Crippen molar-refractivity contribution in [3.63, 3.8) is 0 Å². The molecule has 1 rings (SSSR count). The monoisotopic (exact) mass is 252 g/mol. The average molecular weight is 252 g/mol. The minimum Gasteiger partial charge on any atom is -0.746 e. The van der Waals surface area contributed by atoms with Gasteiger partial charge in [0.05, 0.1) is 5.92 Å². The molecule has 1 aromatic carbocycles. The van der Waals surface area contributed by atoms with Gasteiger partial charge < -0.3 is 14.5 Å². The summed E-state index contributed by atoms with van der Waals surface area (Å²) in [5.74, 6) is -1.34. The van der Waals surface area contributed by atoms with Crippen molar-refractivity contribution in [2.24, 2.45) is 0 Å². The van der Waals surface area contributed by atoms with Crippen molar-refractivity contribution < 1.29 is 52.4 Å². The molecule has 82 valence electrons. The predicted octanol–water partition coefficient (Wildman–Crippen LogP) is -3.16. The maximum atomic E-state index is 10.6. The fraction of sp³-hybridized carbons (Fsp3) is 0.222. The molecule has 1 aromatic rings. The van der Waals surface area contributed by atoms with Crippen LogP contribution in [0.1, 0.15) is 11.5 Å². The summed E-state index contributed by atoms with van der Waals surface area (Å²) in [5.41, 5.74) is -1.95. The van der Waals surface area contributed by atoms with Crippen molar-refractivity contribution in [2.75, 3.05) is 0 Å². The van der Waals surface area contributed by atoms with Crippen LogP contribution in [0, 0.1) is 0 Å². The smallest absolute Gasteiger partial charge is 0.746 e. The van der Waals surface area contributed by atoms with Crippen LogP contribution in [0.15, 0.2) is 30.3 Å². The minimum absolute atomic E-state index is 0. The SMILES string of the molecule is O=CC(c1ccccc1)C(O)S(=O)(=O)[O-].[Na+]. The molecule has 0 aliphatic rings. The molecule has 0 saturated carbocycles. The van der Waals surface area contributed by atoms with E-state index >= 15 is 0 Å². The Balaban J connectivity index is 0.00000225. The van der Waals surface area contributed by atoms with Crippen LogP contribution in [0.3, 0.4) is 0 Å². The molecule has 0 amide bonds. The van der Waals surface area contributed by atoms with Gasteiger partial charge in [0.25, 0.3) is 0 Å². The van der Waals surface area contributed by atoms with E-state index in [4.69, 9.17) is 5.11 Å². The normalized spacial score (nSPS) is 14.6. The second-order valence-corrected chi connectivity index (χ2v) is 4.42. The van der Waals surface area contributed by atoms with Crippen molar-refractivity contribution in [3.05, 3.63) is 35.9 Å². The van der Waals surface area contributed by atoms with E-state index < -0.39 is 21.5 Å². The molecule has 7 heteroatoms. The van der Waals surface area contributed by atoms with Crippen LogP contribution < -0.4 is 29.6 Å². The molecular formula is C9H9NaO5S. The molecule has 0 fully saturated rings. The topological polar surface area (TPSA) is 94.5 Å². The largest absolute Gasteiger partial charge is 1.00 e. The first kappa shape index (κ1) is 15.8. The summed E-state index contributed by atoms with van der Waals surface area (Å²) in [6.45, 7) is 0. The fourth-order valence-corrected chi connectivity index (χ4v) is 1.75. The van der Waals surface area contributed by atoms with Gasteiger partial charge in [-0.3, -0.25) is 0 Å². The van der Waals surface area contributed by atoms with Gasteiger partial charge in [-0.2, -0.15) is 0 Å². The number of carbonyl (C=O) groups excluding carboxylic acids is 1. The van der Waals surface area contributed by atoms with Crippen molar-refractivity contribution in [1.82, 2.24) is 0 Å². The van der Waals surface area contributed by atoms with Gasteiger partial charge in [-0.1, -0.05) is 30.3 Å². The van der Waals surface area contributed by atoms with Crippen LogP contribution >= 0.6 is 0 Å². The standard InChI is InChI=1S/C9H10O5S.Na/c10-6-8(9(11)15(12,13)14)7-4-2-1-3-5-7;/h1-6,8-9,11H,(H,12,13,14);/q;+1/p-1. The zero-order valence-electron chi connectivity index (χ0n) is 8.61. The third-order valence-corrected chi connectivity index (χ3v) is 2.82. The average Bonchev–Trinajstić information content (AvgIpc) is 2.19. The third kappa shape index (κ3) is 3.97. The number of aliphatic hydroxyl groups is 1. The first-order valence-corrected chi connectivity index (χ1v) is 5.57. The maximum absolute atomic E-state index is 10.6. The second-order valence-electron chi connectivity index (χ2n) is 2.96. The number of aldehydes is 1. The fourth-order valence-electron chi connectivity index (χ4n) is 1.17. The summed E-state index contributed by atoms with van der Waals surface area (Å²) in [4.78, 5) is 10.6. The molecule has 0 aromatic heterocycles. The van der Waals surface area contributed by atoms with Crippen LogP contribution in [0.25, 0.3) is 0 Å². The number of hydrogen-bond acceptors (Lipinski definition) is 5. The molecule has 5 nitrogen and oxygen atoms in total. The summed E-state index contributed by atoms with van der Waals surface area (Å²) >= 11 is 0. The first-order chi connectivity index (χ1) is 6.96. The number of rotatable bonds is 4. The van der Waals surface area contributed by atoms with Crippen LogP contribution in [-0.2, 0) is 14.9 Å². The molecule has 0 radical (unpaired) electrons. The predicted molar refractivity (Wildman–Crippen MR) is 51.0 cm³/mol. The van der Waals surface area contributed by atoms with Crippen molar-refractivity contribution in [1.29, 1.82) is 0 Å². The van der Waals surface area contributed by atoms with E-state index in [-0.39, 0.29) is 35.8 Å². The minimum atomic E-state index is -4.89. The molecule has 0 heterocycles. The van der Waals surface area contributed by atoms with Gasteiger partial charge in [0.15, 0.2) is 5.44 Å². The van der Waals surface area contributed by atoms with Crippen molar-refractivity contribution in [3.8, 4) is 0 Å². The first-order valence-electron chi connectivity index (χ1n) is 4.10.